The Labute approximate surface area is 128 Å². The lowest BCUT2D eigenvalue weighted by molar-refractivity contribution is -0.402. The number of thiophene rings is 1. The summed E-state index contributed by atoms with van der Waals surface area (Å²) in [6.07, 6.45) is -0.351. The molecule has 9 heteroatoms. The smallest absolute Gasteiger partial charge is 0.395 e. The molecule has 1 atom stereocenters. The van der Waals surface area contributed by atoms with Crippen LogP contribution < -0.4 is 5.32 Å². The first-order valence-electron chi connectivity index (χ1n) is 5.81. The fourth-order valence-corrected chi connectivity index (χ4v) is 2.76. The van der Waals surface area contributed by atoms with Gasteiger partial charge < -0.3 is 14.5 Å². The van der Waals surface area contributed by atoms with Gasteiger partial charge in [0.25, 0.3) is 5.91 Å². The Morgan fingerprint density at radius 3 is 2.81 bits per heavy atom. The number of furan rings is 1. The zero-order valence-electron chi connectivity index (χ0n) is 10.9. The molecule has 0 aliphatic carbocycles. The van der Waals surface area contributed by atoms with Gasteiger partial charge in [-0.2, -0.15) is 0 Å². The van der Waals surface area contributed by atoms with Crippen LogP contribution in [-0.2, 0) is 4.74 Å². The van der Waals surface area contributed by atoms with Gasteiger partial charge in [-0.1, -0.05) is 11.6 Å². The third-order valence-corrected chi connectivity index (χ3v) is 3.96. The van der Waals surface area contributed by atoms with E-state index in [9.17, 15) is 14.9 Å². The SMILES string of the molecule is COC(CNC(=O)c1ccc([N+](=O)[O-])o1)c1ccc(Cl)s1. The average molecular weight is 331 g/mol. The van der Waals surface area contributed by atoms with E-state index in [-0.39, 0.29) is 18.4 Å². The first kappa shape index (κ1) is 15.5. The van der Waals surface area contributed by atoms with E-state index in [2.05, 4.69) is 5.32 Å². The van der Waals surface area contributed by atoms with Crippen molar-refractivity contribution in [3.8, 4) is 0 Å². The van der Waals surface area contributed by atoms with Crippen LogP contribution >= 0.6 is 22.9 Å². The van der Waals surface area contributed by atoms with Gasteiger partial charge in [-0.3, -0.25) is 14.9 Å². The van der Waals surface area contributed by atoms with Crippen LogP contribution in [0.25, 0.3) is 0 Å². The number of nitrogens with zero attached hydrogens (tertiary/aromatic N) is 1. The number of nitrogens with one attached hydrogen (secondary N) is 1. The number of ether oxygens (including phenoxy) is 1. The lowest BCUT2D eigenvalue weighted by Crippen LogP contribution is -2.28. The van der Waals surface area contributed by atoms with E-state index in [0.717, 1.165) is 10.9 Å². The molecule has 0 fully saturated rings. The maximum atomic E-state index is 11.8. The van der Waals surface area contributed by atoms with Gasteiger partial charge in [0.1, 0.15) is 11.0 Å². The van der Waals surface area contributed by atoms with Gasteiger partial charge in [-0.05, 0) is 18.2 Å². The number of halogens is 1. The highest BCUT2D eigenvalue weighted by molar-refractivity contribution is 7.16. The lowest BCUT2D eigenvalue weighted by Gasteiger charge is -2.13. The molecule has 112 valence electrons. The van der Waals surface area contributed by atoms with Crippen molar-refractivity contribution in [1.82, 2.24) is 5.32 Å². The minimum Gasteiger partial charge on any atom is -0.395 e. The van der Waals surface area contributed by atoms with Gasteiger partial charge in [0.15, 0.2) is 5.76 Å². The topological polar surface area (TPSA) is 94.6 Å². The third-order valence-electron chi connectivity index (χ3n) is 2.64. The molecule has 1 N–H and O–H groups in total. The van der Waals surface area contributed by atoms with Crippen molar-refractivity contribution >= 4 is 34.7 Å². The highest BCUT2D eigenvalue weighted by atomic mass is 35.5. The molecule has 0 aliphatic rings. The van der Waals surface area contributed by atoms with Crippen LogP contribution in [0.3, 0.4) is 0 Å². The Kier molecular flexibility index (Phi) is 4.94. The Bertz CT molecular complexity index is 654. The number of hydrogen-bond donors (Lipinski definition) is 1. The predicted octanol–water partition coefficient (Wildman–Crippen LogP) is 3.02. The number of rotatable bonds is 6. The summed E-state index contributed by atoms with van der Waals surface area (Å²) in [5, 5.41) is 13.1. The Balaban J connectivity index is 1.97. The predicted molar refractivity (Wildman–Crippen MR) is 76.8 cm³/mol. The van der Waals surface area contributed by atoms with Crippen molar-refractivity contribution < 1.29 is 18.9 Å². The maximum Gasteiger partial charge on any atom is 0.433 e. The van der Waals surface area contributed by atoms with Crippen LogP contribution in [0.2, 0.25) is 4.34 Å². The first-order chi connectivity index (χ1) is 10.0. The molecule has 2 aromatic rings. The van der Waals surface area contributed by atoms with Crippen LogP contribution in [0.15, 0.2) is 28.7 Å². The highest BCUT2D eigenvalue weighted by Gasteiger charge is 2.19. The van der Waals surface area contributed by atoms with Crippen LogP contribution in [0.4, 0.5) is 5.88 Å². The molecular formula is C12H11ClN2O5S. The molecule has 1 unspecified atom stereocenters. The highest BCUT2D eigenvalue weighted by Crippen LogP contribution is 2.28. The number of carbonyl (C=O) groups is 1. The summed E-state index contributed by atoms with van der Waals surface area (Å²) in [6.45, 7) is 0.195. The molecule has 2 heterocycles. The van der Waals surface area contributed by atoms with E-state index in [0.29, 0.717) is 4.34 Å². The molecule has 0 spiro atoms. The van der Waals surface area contributed by atoms with Crippen molar-refractivity contribution in [1.29, 1.82) is 0 Å². The summed E-state index contributed by atoms with van der Waals surface area (Å²) in [4.78, 5) is 22.5. The third kappa shape index (κ3) is 3.81. The zero-order valence-corrected chi connectivity index (χ0v) is 12.4. The van der Waals surface area contributed by atoms with Crippen LogP contribution in [0.1, 0.15) is 21.5 Å². The van der Waals surface area contributed by atoms with Crippen LogP contribution in [-0.4, -0.2) is 24.5 Å². The van der Waals surface area contributed by atoms with Crippen LogP contribution in [0.5, 0.6) is 0 Å². The molecule has 2 rings (SSSR count). The molecule has 0 aromatic carbocycles. The van der Waals surface area contributed by atoms with E-state index in [4.69, 9.17) is 20.8 Å². The summed E-state index contributed by atoms with van der Waals surface area (Å²) in [5.41, 5.74) is 0. The Morgan fingerprint density at radius 2 is 2.29 bits per heavy atom. The molecule has 0 radical (unpaired) electrons. The van der Waals surface area contributed by atoms with Gasteiger partial charge >= 0.3 is 5.88 Å². The summed E-state index contributed by atoms with van der Waals surface area (Å²) in [7, 11) is 1.52. The summed E-state index contributed by atoms with van der Waals surface area (Å²) in [6, 6.07) is 5.93. The number of nitro groups is 1. The fraction of sp³-hybridized carbons (Fsp3) is 0.250. The summed E-state index contributed by atoms with van der Waals surface area (Å²) < 4.78 is 10.7. The van der Waals surface area contributed by atoms with E-state index >= 15 is 0 Å². The van der Waals surface area contributed by atoms with Gasteiger partial charge in [0.2, 0.25) is 0 Å². The minimum absolute atomic E-state index is 0.124. The number of hydrogen-bond acceptors (Lipinski definition) is 6. The maximum absolute atomic E-state index is 11.8. The minimum atomic E-state index is -0.706. The summed E-state index contributed by atoms with van der Waals surface area (Å²) in [5.74, 6) is -1.15. The molecule has 21 heavy (non-hydrogen) atoms. The second-order valence-electron chi connectivity index (χ2n) is 3.97. The standard InChI is InChI=1S/C12H11ClN2O5S/c1-19-8(9-3-4-10(13)21-9)6-14-12(16)7-2-5-11(20-7)15(17)18/h2-5,8H,6H2,1H3,(H,14,16). The van der Waals surface area contributed by atoms with Crippen LogP contribution in [0, 0.1) is 10.1 Å². The number of carbonyl (C=O) groups excluding carboxylic acids is 1. The van der Waals surface area contributed by atoms with Crippen molar-refractivity contribution in [2.75, 3.05) is 13.7 Å². The van der Waals surface area contributed by atoms with Crippen molar-refractivity contribution in [3.63, 3.8) is 0 Å². The van der Waals surface area contributed by atoms with Crippen molar-refractivity contribution in [2.45, 2.75) is 6.10 Å². The molecule has 0 saturated carbocycles. The van der Waals surface area contributed by atoms with E-state index in [1.54, 1.807) is 6.07 Å². The summed E-state index contributed by atoms with van der Waals surface area (Å²) >= 11 is 7.20. The van der Waals surface area contributed by atoms with Gasteiger partial charge in [0.05, 0.1) is 10.4 Å². The normalized spacial score (nSPS) is 12.1. The van der Waals surface area contributed by atoms with E-state index in [1.807, 2.05) is 6.07 Å². The zero-order chi connectivity index (χ0) is 15.4. The number of amides is 1. The quantitative estimate of drug-likeness (QED) is 0.649. The fourth-order valence-electron chi connectivity index (χ4n) is 1.62. The van der Waals surface area contributed by atoms with Gasteiger partial charge in [-0.25, -0.2) is 0 Å². The first-order valence-corrected chi connectivity index (χ1v) is 7.01. The van der Waals surface area contributed by atoms with E-state index in [1.165, 1.54) is 24.5 Å². The van der Waals surface area contributed by atoms with Gasteiger partial charge in [0, 0.05) is 18.5 Å². The molecule has 0 bridgehead atoms. The van der Waals surface area contributed by atoms with Crippen molar-refractivity contribution in [3.05, 3.63) is 49.4 Å². The van der Waals surface area contributed by atoms with Crippen molar-refractivity contribution in [2.24, 2.45) is 0 Å². The lowest BCUT2D eigenvalue weighted by atomic mass is 10.3. The Hall–Kier alpha value is -1.90. The second-order valence-corrected chi connectivity index (χ2v) is 5.72. The monoisotopic (exact) mass is 330 g/mol. The molecule has 0 aliphatic heterocycles. The van der Waals surface area contributed by atoms with E-state index < -0.39 is 16.7 Å². The molecular weight excluding hydrogens is 320 g/mol. The molecule has 0 saturated heterocycles. The molecule has 7 nitrogen and oxygen atoms in total. The van der Waals surface area contributed by atoms with Gasteiger partial charge in [-0.15, -0.1) is 11.3 Å². The average Bonchev–Trinajstić information content (AvgIpc) is 3.08. The molecule has 2 aromatic heterocycles. The number of methoxy groups -OCH3 is 1. The Morgan fingerprint density at radius 1 is 1.52 bits per heavy atom. The second kappa shape index (κ2) is 6.70. The largest absolute Gasteiger partial charge is 0.433 e. The molecule has 1 amide bonds.